The molecule has 1 heterocycles. The van der Waals surface area contributed by atoms with Gasteiger partial charge in [0.25, 0.3) is 0 Å². The fraction of sp³-hybridized carbons (Fsp3) is 0.0870. The van der Waals surface area contributed by atoms with E-state index in [2.05, 4.69) is 15.6 Å². The van der Waals surface area contributed by atoms with Crippen LogP contribution < -0.4 is 10.6 Å². The van der Waals surface area contributed by atoms with Crippen LogP contribution in [0, 0.1) is 0 Å². The lowest BCUT2D eigenvalue weighted by molar-refractivity contribution is -0.114. The van der Waals surface area contributed by atoms with Crippen LogP contribution in [-0.4, -0.2) is 22.6 Å². The lowest BCUT2D eigenvalue weighted by Gasteiger charge is -2.07. The molecule has 0 saturated carbocycles. The van der Waals surface area contributed by atoms with E-state index in [4.69, 9.17) is 4.42 Å². The van der Waals surface area contributed by atoms with Crippen molar-refractivity contribution in [2.24, 2.45) is 0 Å². The highest BCUT2D eigenvalue weighted by Crippen LogP contribution is 2.25. The second-order valence-electron chi connectivity index (χ2n) is 6.61. The van der Waals surface area contributed by atoms with Gasteiger partial charge in [-0.3, -0.25) is 9.59 Å². The number of rotatable bonds is 6. The van der Waals surface area contributed by atoms with Gasteiger partial charge in [0.2, 0.25) is 17.7 Å². The number of anilines is 2. The third kappa shape index (κ3) is 4.87. The van der Waals surface area contributed by atoms with Gasteiger partial charge in [0, 0.05) is 28.8 Å². The first kappa shape index (κ1) is 19.7. The molecule has 0 saturated heterocycles. The third-order valence-corrected chi connectivity index (χ3v) is 5.27. The van der Waals surface area contributed by atoms with Crippen LogP contribution >= 0.6 is 11.8 Å². The molecule has 0 aliphatic heterocycles. The molecular formula is C23H19N3O3S. The SMILES string of the molecule is CC(=O)Nc1ccc(SCC(=O)Nc2ccc(-c3nc4ccccc4o3)cc2)cc1. The first-order chi connectivity index (χ1) is 14.6. The number of hydrogen-bond donors (Lipinski definition) is 2. The predicted octanol–water partition coefficient (Wildman–Crippen LogP) is 5.18. The van der Waals surface area contributed by atoms with Crippen LogP contribution in [0.15, 0.2) is 82.1 Å². The van der Waals surface area contributed by atoms with E-state index >= 15 is 0 Å². The van der Waals surface area contributed by atoms with Crippen LogP contribution in [-0.2, 0) is 9.59 Å². The van der Waals surface area contributed by atoms with Gasteiger partial charge in [0.05, 0.1) is 5.75 Å². The van der Waals surface area contributed by atoms with Gasteiger partial charge in [-0.2, -0.15) is 0 Å². The minimum atomic E-state index is -0.114. The fourth-order valence-corrected chi connectivity index (χ4v) is 3.57. The number of thioether (sulfide) groups is 1. The van der Waals surface area contributed by atoms with Gasteiger partial charge in [-0.25, -0.2) is 4.98 Å². The summed E-state index contributed by atoms with van der Waals surface area (Å²) in [6.45, 7) is 1.47. The Bertz CT molecular complexity index is 1150. The van der Waals surface area contributed by atoms with Crippen molar-refractivity contribution in [2.75, 3.05) is 16.4 Å². The van der Waals surface area contributed by atoms with Crippen LogP contribution in [0.1, 0.15) is 6.92 Å². The standard InChI is InChI=1S/C23H19N3O3S/c1-15(27)24-17-10-12-19(13-11-17)30-14-22(28)25-18-8-6-16(7-9-18)23-26-20-4-2-3-5-21(20)29-23/h2-13H,14H2,1H3,(H,24,27)(H,25,28). The van der Waals surface area contributed by atoms with Crippen molar-refractivity contribution in [1.82, 2.24) is 4.98 Å². The first-order valence-electron chi connectivity index (χ1n) is 9.33. The second kappa shape index (κ2) is 8.84. The molecule has 0 bridgehead atoms. The quantitative estimate of drug-likeness (QED) is 0.422. The maximum atomic E-state index is 12.3. The highest BCUT2D eigenvalue weighted by atomic mass is 32.2. The van der Waals surface area contributed by atoms with Gasteiger partial charge in [0.1, 0.15) is 5.52 Å². The maximum absolute atomic E-state index is 12.3. The molecule has 0 atom stereocenters. The Labute approximate surface area is 177 Å². The molecule has 7 heteroatoms. The van der Waals surface area contributed by atoms with E-state index in [0.29, 0.717) is 11.6 Å². The molecule has 1 aromatic heterocycles. The lowest BCUT2D eigenvalue weighted by Crippen LogP contribution is -2.13. The van der Waals surface area contributed by atoms with Gasteiger partial charge in [-0.05, 0) is 60.7 Å². The largest absolute Gasteiger partial charge is 0.436 e. The summed E-state index contributed by atoms with van der Waals surface area (Å²) < 4.78 is 5.77. The fourth-order valence-electron chi connectivity index (χ4n) is 2.88. The molecule has 2 N–H and O–H groups in total. The average Bonchev–Trinajstić information content (AvgIpc) is 3.18. The van der Waals surface area contributed by atoms with E-state index in [1.807, 2.05) is 72.8 Å². The number of amides is 2. The lowest BCUT2D eigenvalue weighted by atomic mass is 10.2. The monoisotopic (exact) mass is 417 g/mol. The van der Waals surface area contributed by atoms with E-state index in [1.54, 1.807) is 0 Å². The minimum absolute atomic E-state index is 0.0967. The van der Waals surface area contributed by atoms with Crippen LogP contribution in [0.25, 0.3) is 22.6 Å². The molecule has 0 unspecified atom stereocenters. The van der Waals surface area contributed by atoms with Crippen molar-refractivity contribution < 1.29 is 14.0 Å². The Hall–Kier alpha value is -3.58. The van der Waals surface area contributed by atoms with E-state index < -0.39 is 0 Å². The molecule has 0 aliphatic rings. The molecule has 4 rings (SSSR count). The number of nitrogens with zero attached hydrogens (tertiary/aromatic N) is 1. The highest BCUT2D eigenvalue weighted by molar-refractivity contribution is 8.00. The van der Waals surface area contributed by atoms with Gasteiger partial charge >= 0.3 is 0 Å². The van der Waals surface area contributed by atoms with Gasteiger partial charge in [-0.15, -0.1) is 11.8 Å². The Morgan fingerprint density at radius 3 is 2.27 bits per heavy atom. The topological polar surface area (TPSA) is 84.2 Å². The van der Waals surface area contributed by atoms with Crippen molar-refractivity contribution in [3.63, 3.8) is 0 Å². The number of oxazole rings is 1. The molecule has 0 fully saturated rings. The van der Waals surface area contributed by atoms with Crippen LogP contribution in [0.5, 0.6) is 0 Å². The second-order valence-corrected chi connectivity index (χ2v) is 7.66. The number of hydrogen-bond acceptors (Lipinski definition) is 5. The Balaban J connectivity index is 1.32. The summed E-state index contributed by atoms with van der Waals surface area (Å²) in [7, 11) is 0. The molecule has 4 aromatic rings. The zero-order valence-electron chi connectivity index (χ0n) is 16.2. The Kier molecular flexibility index (Phi) is 5.81. The van der Waals surface area contributed by atoms with E-state index in [9.17, 15) is 9.59 Å². The molecule has 0 spiro atoms. The van der Waals surface area contributed by atoms with E-state index in [0.717, 1.165) is 27.2 Å². The normalized spacial score (nSPS) is 10.7. The molecule has 6 nitrogen and oxygen atoms in total. The van der Waals surface area contributed by atoms with Crippen molar-refractivity contribution >= 4 is 46.1 Å². The van der Waals surface area contributed by atoms with Crippen molar-refractivity contribution in [2.45, 2.75) is 11.8 Å². The Morgan fingerprint density at radius 2 is 1.57 bits per heavy atom. The van der Waals surface area contributed by atoms with Crippen LogP contribution in [0.4, 0.5) is 11.4 Å². The number of carbonyl (C=O) groups excluding carboxylic acids is 2. The zero-order chi connectivity index (χ0) is 20.9. The molecule has 0 aliphatic carbocycles. The van der Waals surface area contributed by atoms with Crippen molar-refractivity contribution in [3.05, 3.63) is 72.8 Å². The summed E-state index contributed by atoms with van der Waals surface area (Å²) in [5, 5.41) is 5.60. The number of para-hydroxylation sites is 2. The zero-order valence-corrected chi connectivity index (χ0v) is 17.0. The van der Waals surface area contributed by atoms with E-state index in [-0.39, 0.29) is 17.6 Å². The average molecular weight is 417 g/mol. The number of benzene rings is 3. The molecule has 3 aromatic carbocycles. The summed E-state index contributed by atoms with van der Waals surface area (Å²) in [5.74, 6) is 0.622. The Morgan fingerprint density at radius 1 is 0.900 bits per heavy atom. The number of nitrogens with one attached hydrogen (secondary N) is 2. The molecule has 150 valence electrons. The highest BCUT2D eigenvalue weighted by Gasteiger charge is 2.09. The molecule has 0 radical (unpaired) electrons. The van der Waals surface area contributed by atoms with Crippen molar-refractivity contribution in [1.29, 1.82) is 0 Å². The summed E-state index contributed by atoms with van der Waals surface area (Å²) in [4.78, 5) is 28.7. The van der Waals surface area contributed by atoms with Crippen LogP contribution in [0.3, 0.4) is 0 Å². The predicted molar refractivity (Wildman–Crippen MR) is 120 cm³/mol. The maximum Gasteiger partial charge on any atom is 0.234 e. The smallest absolute Gasteiger partial charge is 0.234 e. The third-order valence-electron chi connectivity index (χ3n) is 4.25. The number of carbonyl (C=O) groups is 2. The molecule has 30 heavy (non-hydrogen) atoms. The summed E-state index contributed by atoms with van der Waals surface area (Å²) in [5.41, 5.74) is 3.84. The summed E-state index contributed by atoms with van der Waals surface area (Å²) in [6.07, 6.45) is 0. The van der Waals surface area contributed by atoms with E-state index in [1.165, 1.54) is 18.7 Å². The molecule has 2 amide bonds. The summed E-state index contributed by atoms with van der Waals surface area (Å²) >= 11 is 1.43. The minimum Gasteiger partial charge on any atom is -0.436 e. The summed E-state index contributed by atoms with van der Waals surface area (Å²) in [6, 6.07) is 22.4. The van der Waals surface area contributed by atoms with Gasteiger partial charge < -0.3 is 15.1 Å². The molecular weight excluding hydrogens is 398 g/mol. The first-order valence-corrected chi connectivity index (χ1v) is 10.3. The number of aromatic nitrogens is 1. The van der Waals surface area contributed by atoms with Crippen molar-refractivity contribution in [3.8, 4) is 11.5 Å². The van der Waals surface area contributed by atoms with Crippen LogP contribution in [0.2, 0.25) is 0 Å². The number of fused-ring (bicyclic) bond motifs is 1. The van der Waals surface area contributed by atoms with Gasteiger partial charge in [0.15, 0.2) is 5.58 Å². The van der Waals surface area contributed by atoms with Gasteiger partial charge in [-0.1, -0.05) is 12.1 Å².